The van der Waals surface area contributed by atoms with Crippen molar-refractivity contribution in [2.24, 2.45) is 11.8 Å². The molecular formula is C42H42BCl3N6O8. The highest BCUT2D eigenvalue weighted by Crippen LogP contribution is 2.32. The van der Waals surface area contributed by atoms with Crippen LogP contribution >= 0.6 is 34.8 Å². The van der Waals surface area contributed by atoms with Gasteiger partial charge >= 0.3 is 19.1 Å². The largest absolute Gasteiger partial charge is 0.493 e. The average molecular weight is 876 g/mol. The Hall–Kier alpha value is -5.13. The minimum Gasteiger partial charge on any atom is -0.493 e. The lowest BCUT2D eigenvalue weighted by Gasteiger charge is -2.10. The number of benzene rings is 4. The van der Waals surface area contributed by atoms with E-state index in [0.29, 0.717) is 39.5 Å². The van der Waals surface area contributed by atoms with E-state index in [1.54, 1.807) is 24.3 Å². The Morgan fingerprint density at radius 3 is 1.52 bits per heavy atom. The molecule has 0 spiro atoms. The highest BCUT2D eigenvalue weighted by molar-refractivity contribution is 6.62. The first kappa shape index (κ1) is 44.4. The number of aromatic nitrogens is 6. The lowest BCUT2D eigenvalue weighted by Crippen LogP contribution is -2.31. The molecule has 2 heterocycles. The molecule has 2 aliphatic rings. The molecule has 0 aliphatic heterocycles. The molecule has 0 amide bonds. The maximum atomic E-state index is 9.41. The summed E-state index contributed by atoms with van der Waals surface area (Å²) in [5.74, 6) is 4.46. The van der Waals surface area contributed by atoms with Crippen LogP contribution in [0.25, 0.3) is 34.2 Å². The summed E-state index contributed by atoms with van der Waals surface area (Å²) >= 11 is 17.8. The van der Waals surface area contributed by atoms with E-state index < -0.39 is 7.12 Å². The van der Waals surface area contributed by atoms with Gasteiger partial charge in [-0.05, 0) is 127 Å². The molecule has 0 atom stereocenters. The molecule has 6 aromatic rings. The summed E-state index contributed by atoms with van der Waals surface area (Å²) in [6, 6.07) is 25.5. The summed E-state index contributed by atoms with van der Waals surface area (Å²) in [4.78, 5) is 25.3. The van der Waals surface area contributed by atoms with Gasteiger partial charge in [-0.2, -0.15) is 24.9 Å². The van der Waals surface area contributed by atoms with Gasteiger partial charge in [0.1, 0.15) is 11.5 Å². The van der Waals surface area contributed by atoms with Gasteiger partial charge in [-0.1, -0.05) is 41.4 Å². The van der Waals surface area contributed by atoms with E-state index in [1.807, 2.05) is 48.5 Å². The maximum Gasteiger partial charge on any atom is 0.489 e. The molecule has 2 aromatic heterocycles. The second-order valence-corrected chi connectivity index (χ2v) is 15.0. The topological polar surface area (TPSA) is 195 Å². The van der Waals surface area contributed by atoms with E-state index in [9.17, 15) is 5.11 Å². The van der Waals surface area contributed by atoms with E-state index in [2.05, 4.69) is 29.9 Å². The second-order valence-electron chi connectivity index (χ2n) is 13.8. The molecule has 60 heavy (non-hydrogen) atoms. The number of halogens is 3. The van der Waals surface area contributed by atoms with Crippen LogP contribution in [0, 0.1) is 11.8 Å². The van der Waals surface area contributed by atoms with Gasteiger partial charge in [-0.3, -0.25) is 0 Å². The summed E-state index contributed by atoms with van der Waals surface area (Å²) in [7, 11) is 1.40. The fourth-order valence-corrected chi connectivity index (χ4v) is 5.95. The molecule has 2 saturated carbocycles. The average Bonchev–Trinajstić information content (AvgIpc) is 4.22. The van der Waals surface area contributed by atoms with E-state index in [0.717, 1.165) is 47.3 Å². The minimum atomic E-state index is -1.59. The third-order valence-electron chi connectivity index (χ3n) is 9.13. The molecule has 4 aromatic carbocycles. The molecule has 18 heteroatoms. The van der Waals surface area contributed by atoms with Crippen LogP contribution in [0.2, 0.25) is 15.3 Å². The Morgan fingerprint density at radius 1 is 0.567 bits per heavy atom. The third kappa shape index (κ3) is 12.9. The normalized spacial score (nSPS) is 12.9. The zero-order valence-electron chi connectivity index (χ0n) is 32.7. The van der Waals surface area contributed by atoms with Crippen LogP contribution in [0.15, 0.2) is 84.9 Å². The number of nitrogens with zero attached hydrogens (tertiary/aromatic N) is 6. The first-order valence-corrected chi connectivity index (χ1v) is 20.1. The van der Waals surface area contributed by atoms with Crippen molar-refractivity contribution in [2.45, 2.75) is 38.9 Å². The van der Waals surface area contributed by atoms with Crippen molar-refractivity contribution < 1.29 is 39.2 Å². The van der Waals surface area contributed by atoms with Crippen molar-refractivity contribution in [3.63, 3.8) is 0 Å². The summed E-state index contributed by atoms with van der Waals surface area (Å²) in [5, 5.41) is 36.6. The van der Waals surface area contributed by atoms with Crippen molar-refractivity contribution in [2.75, 3.05) is 27.4 Å². The minimum absolute atomic E-state index is 0.0957. The van der Waals surface area contributed by atoms with Crippen LogP contribution in [0.1, 0.15) is 36.8 Å². The summed E-state index contributed by atoms with van der Waals surface area (Å²) in [5.41, 5.74) is 3.80. The number of aliphatic hydroxyl groups excluding tert-OH is 2. The smallest absolute Gasteiger partial charge is 0.489 e. The molecule has 8 rings (SSSR count). The van der Waals surface area contributed by atoms with Crippen molar-refractivity contribution in [1.82, 2.24) is 29.9 Å². The zero-order valence-corrected chi connectivity index (χ0v) is 35.0. The third-order valence-corrected chi connectivity index (χ3v) is 9.98. The Labute approximate surface area is 362 Å². The first-order valence-electron chi connectivity index (χ1n) is 18.9. The number of hydrogen-bond donors (Lipinski definition) is 4. The lowest BCUT2D eigenvalue weighted by molar-refractivity contribution is 0.281. The van der Waals surface area contributed by atoms with Gasteiger partial charge in [-0.15, -0.1) is 0 Å². The predicted molar refractivity (Wildman–Crippen MR) is 229 cm³/mol. The first-order chi connectivity index (χ1) is 29.0. The highest BCUT2D eigenvalue weighted by atomic mass is 35.5. The van der Waals surface area contributed by atoms with Crippen molar-refractivity contribution >= 4 is 47.4 Å². The van der Waals surface area contributed by atoms with E-state index >= 15 is 0 Å². The van der Waals surface area contributed by atoms with E-state index in [4.69, 9.17) is 68.9 Å². The Balaban J connectivity index is 0.000000164. The van der Waals surface area contributed by atoms with Crippen LogP contribution in [-0.4, -0.2) is 84.7 Å². The molecular weight excluding hydrogens is 834 g/mol. The van der Waals surface area contributed by atoms with Gasteiger partial charge in [0, 0.05) is 27.2 Å². The van der Waals surface area contributed by atoms with Crippen LogP contribution in [0.5, 0.6) is 23.5 Å². The number of aliphatic hydroxyl groups is 2. The van der Waals surface area contributed by atoms with Crippen molar-refractivity contribution in [3.8, 4) is 57.7 Å². The number of methoxy groups -OCH3 is 2. The molecule has 0 unspecified atom stereocenters. The van der Waals surface area contributed by atoms with Crippen molar-refractivity contribution in [1.29, 1.82) is 0 Å². The fraction of sp³-hybridized carbons (Fsp3) is 0.286. The number of ether oxygens (including phenoxy) is 4. The van der Waals surface area contributed by atoms with E-state index in [1.165, 1.54) is 52.0 Å². The summed E-state index contributed by atoms with van der Waals surface area (Å²) in [6.45, 7) is 1.33. The molecule has 2 fully saturated rings. The zero-order chi connectivity index (χ0) is 42.6. The van der Waals surface area contributed by atoms with Crippen LogP contribution in [0.3, 0.4) is 0 Å². The summed E-state index contributed by atoms with van der Waals surface area (Å²) in [6.07, 6.45) is 5.07. The maximum absolute atomic E-state index is 9.41. The SMILES string of the molecule is COc1nc(-c2ccc(OCC3CC3)cc2)nc(-c2cc(CO)ccc2Cl)n1.COc1nc(Cl)nc(-c2ccc(OCC3CC3)cc2)n1.OCc1ccc(Cl)c(B(O)O)c1. The van der Waals surface area contributed by atoms with Crippen LogP contribution in [-0.2, 0) is 13.2 Å². The van der Waals surface area contributed by atoms with E-state index in [-0.39, 0.29) is 41.0 Å². The molecule has 0 radical (unpaired) electrons. The predicted octanol–water partition coefficient (Wildman–Crippen LogP) is 6.65. The van der Waals surface area contributed by atoms with Gasteiger partial charge < -0.3 is 39.2 Å². The highest BCUT2D eigenvalue weighted by Gasteiger charge is 2.23. The van der Waals surface area contributed by atoms with Gasteiger partial charge in [0.2, 0.25) is 5.28 Å². The van der Waals surface area contributed by atoms with Gasteiger partial charge in [0.15, 0.2) is 17.5 Å². The molecule has 0 saturated heterocycles. The molecule has 14 nitrogen and oxygen atoms in total. The van der Waals surface area contributed by atoms with Crippen molar-refractivity contribution in [3.05, 3.63) is 111 Å². The standard InChI is InChI=1S/C21H20ClN3O3.C14H14ClN3O2.C7H8BClO3/c1-27-21-24-19(15-5-7-16(8-6-15)28-12-13-2-3-13)23-20(25-21)17-10-14(11-26)4-9-18(17)22;1-19-14-17-12(16-13(15)18-14)10-4-6-11(7-5-10)20-8-9-2-3-9;9-7-2-1-5(4-10)3-6(7)8(11)12/h4-10,13,26H,2-3,11-12H2,1H3;4-7,9H,2-3,8H2,1H3;1-3,10-12H,4H2. The van der Waals surface area contributed by atoms with Gasteiger partial charge in [0.25, 0.3) is 0 Å². The Morgan fingerprint density at radius 2 is 1.03 bits per heavy atom. The second kappa shape index (κ2) is 21.4. The van der Waals surface area contributed by atoms with Gasteiger partial charge in [-0.25, -0.2) is 4.98 Å². The molecule has 0 bridgehead atoms. The Kier molecular flexibility index (Phi) is 15.9. The number of hydrogen-bond acceptors (Lipinski definition) is 14. The van der Waals surface area contributed by atoms with Gasteiger partial charge in [0.05, 0.1) is 45.7 Å². The lowest BCUT2D eigenvalue weighted by atomic mass is 9.79. The quantitative estimate of drug-likeness (QED) is 0.0850. The number of rotatable bonds is 14. The molecule has 4 N–H and O–H groups in total. The van der Waals surface area contributed by atoms with Crippen LogP contribution < -0.4 is 24.4 Å². The van der Waals surface area contributed by atoms with Crippen LogP contribution in [0.4, 0.5) is 0 Å². The summed E-state index contributed by atoms with van der Waals surface area (Å²) < 4.78 is 21.7. The monoisotopic (exact) mass is 874 g/mol. The fourth-order valence-electron chi connectivity index (χ4n) is 5.38. The molecule has 312 valence electrons. The Bertz CT molecular complexity index is 2340. The molecule has 2 aliphatic carbocycles.